The van der Waals surface area contributed by atoms with Gasteiger partial charge in [0, 0.05) is 11.4 Å². The Balaban J connectivity index is 2.03. The lowest BCUT2D eigenvalue weighted by Crippen LogP contribution is -2.12. The van der Waals surface area contributed by atoms with Crippen LogP contribution in [0.4, 0.5) is 0 Å². The van der Waals surface area contributed by atoms with Gasteiger partial charge in [-0.1, -0.05) is 0 Å². The molecule has 6 heteroatoms. The Hall–Kier alpha value is -2.08. The average molecular weight is 272 g/mol. The van der Waals surface area contributed by atoms with Gasteiger partial charge < -0.3 is 4.98 Å². The SMILES string of the molecule is Cc1cc(C)nc(Cc2nc3ccsc3c(=O)[nH]2)n1. The van der Waals surface area contributed by atoms with Crippen LogP contribution in [0, 0.1) is 13.8 Å². The van der Waals surface area contributed by atoms with E-state index in [0.29, 0.717) is 22.8 Å². The third-order valence-electron chi connectivity index (χ3n) is 2.72. The van der Waals surface area contributed by atoms with Gasteiger partial charge in [0.25, 0.3) is 5.56 Å². The summed E-state index contributed by atoms with van der Waals surface area (Å²) in [5, 5.41) is 1.87. The molecule has 0 bridgehead atoms. The minimum absolute atomic E-state index is 0.0978. The minimum atomic E-state index is -0.0978. The Bertz CT molecular complexity index is 786. The lowest BCUT2D eigenvalue weighted by molar-refractivity contribution is 0.866. The van der Waals surface area contributed by atoms with Crippen molar-refractivity contribution in [3.63, 3.8) is 0 Å². The fourth-order valence-corrected chi connectivity index (χ4v) is 2.76. The van der Waals surface area contributed by atoms with E-state index in [9.17, 15) is 4.79 Å². The Morgan fingerprint density at radius 1 is 1.21 bits per heavy atom. The monoisotopic (exact) mass is 272 g/mol. The molecule has 1 N–H and O–H groups in total. The second-order valence-electron chi connectivity index (χ2n) is 4.39. The quantitative estimate of drug-likeness (QED) is 0.774. The van der Waals surface area contributed by atoms with Crippen LogP contribution in [0.3, 0.4) is 0 Å². The van der Waals surface area contributed by atoms with Gasteiger partial charge in [-0.15, -0.1) is 11.3 Å². The summed E-state index contributed by atoms with van der Waals surface area (Å²) in [5.74, 6) is 1.27. The van der Waals surface area contributed by atoms with Gasteiger partial charge in [0.2, 0.25) is 0 Å². The summed E-state index contributed by atoms with van der Waals surface area (Å²) in [7, 11) is 0. The molecular weight excluding hydrogens is 260 g/mol. The van der Waals surface area contributed by atoms with Crippen molar-refractivity contribution in [1.29, 1.82) is 0 Å². The molecule has 3 aromatic heterocycles. The molecule has 0 radical (unpaired) electrons. The van der Waals surface area contributed by atoms with E-state index in [1.807, 2.05) is 31.4 Å². The molecule has 0 unspecified atom stereocenters. The van der Waals surface area contributed by atoms with E-state index >= 15 is 0 Å². The zero-order valence-corrected chi connectivity index (χ0v) is 11.4. The molecule has 3 heterocycles. The molecule has 19 heavy (non-hydrogen) atoms. The van der Waals surface area contributed by atoms with Crippen LogP contribution in [0.2, 0.25) is 0 Å². The van der Waals surface area contributed by atoms with Crippen molar-refractivity contribution in [2.24, 2.45) is 0 Å². The molecule has 0 aliphatic heterocycles. The summed E-state index contributed by atoms with van der Waals surface area (Å²) < 4.78 is 0.657. The number of fused-ring (bicyclic) bond motifs is 1. The van der Waals surface area contributed by atoms with Gasteiger partial charge in [0.1, 0.15) is 16.3 Å². The van der Waals surface area contributed by atoms with Crippen LogP contribution in [0.1, 0.15) is 23.0 Å². The number of H-pyrrole nitrogens is 1. The maximum Gasteiger partial charge on any atom is 0.268 e. The number of aromatic amines is 1. The Morgan fingerprint density at radius 3 is 2.68 bits per heavy atom. The number of hydrogen-bond acceptors (Lipinski definition) is 5. The van der Waals surface area contributed by atoms with E-state index in [4.69, 9.17) is 0 Å². The third-order valence-corrected chi connectivity index (χ3v) is 3.62. The van der Waals surface area contributed by atoms with E-state index in [1.165, 1.54) is 11.3 Å². The molecule has 3 aromatic rings. The van der Waals surface area contributed by atoms with Gasteiger partial charge in [0.05, 0.1) is 11.9 Å². The molecule has 3 rings (SSSR count). The fourth-order valence-electron chi connectivity index (χ4n) is 2.03. The average Bonchev–Trinajstić information content (AvgIpc) is 2.75. The van der Waals surface area contributed by atoms with Crippen LogP contribution in [0.5, 0.6) is 0 Å². The van der Waals surface area contributed by atoms with Crippen molar-refractivity contribution in [2.45, 2.75) is 20.3 Å². The summed E-state index contributed by atoms with van der Waals surface area (Å²) in [5.41, 5.74) is 2.47. The molecule has 0 atom stereocenters. The highest BCUT2D eigenvalue weighted by atomic mass is 32.1. The highest BCUT2D eigenvalue weighted by Crippen LogP contribution is 2.14. The molecule has 0 aliphatic rings. The van der Waals surface area contributed by atoms with Crippen LogP contribution in [0.15, 0.2) is 22.3 Å². The largest absolute Gasteiger partial charge is 0.309 e. The van der Waals surface area contributed by atoms with Gasteiger partial charge in [-0.2, -0.15) is 0 Å². The predicted molar refractivity (Wildman–Crippen MR) is 74.6 cm³/mol. The zero-order chi connectivity index (χ0) is 13.4. The van der Waals surface area contributed by atoms with Crippen LogP contribution >= 0.6 is 11.3 Å². The third kappa shape index (κ3) is 2.39. The lowest BCUT2D eigenvalue weighted by Gasteiger charge is -2.03. The van der Waals surface area contributed by atoms with Crippen molar-refractivity contribution < 1.29 is 0 Å². The summed E-state index contributed by atoms with van der Waals surface area (Å²) in [6.45, 7) is 3.85. The summed E-state index contributed by atoms with van der Waals surface area (Å²) in [6, 6.07) is 3.77. The molecule has 96 valence electrons. The number of aromatic nitrogens is 4. The second kappa shape index (κ2) is 4.55. The van der Waals surface area contributed by atoms with E-state index in [-0.39, 0.29) is 5.56 Å². The molecule has 0 aromatic carbocycles. The molecule has 0 fully saturated rings. The number of nitrogens with zero attached hydrogens (tertiary/aromatic N) is 3. The molecule has 0 amide bonds. The first-order valence-corrected chi connectivity index (χ1v) is 6.77. The normalized spacial score (nSPS) is 11.1. The first-order chi connectivity index (χ1) is 9.11. The molecule has 5 nitrogen and oxygen atoms in total. The molecule has 0 aliphatic carbocycles. The van der Waals surface area contributed by atoms with Crippen LogP contribution in [0.25, 0.3) is 10.2 Å². The molecule has 0 saturated carbocycles. The van der Waals surface area contributed by atoms with Crippen molar-refractivity contribution >= 4 is 21.6 Å². The van der Waals surface area contributed by atoms with Gasteiger partial charge >= 0.3 is 0 Å². The van der Waals surface area contributed by atoms with E-state index < -0.39 is 0 Å². The van der Waals surface area contributed by atoms with Crippen molar-refractivity contribution in [3.8, 4) is 0 Å². The number of rotatable bonds is 2. The Morgan fingerprint density at radius 2 is 1.95 bits per heavy atom. The number of aryl methyl sites for hydroxylation is 2. The predicted octanol–water partition coefficient (Wildman–Crippen LogP) is 1.98. The van der Waals surface area contributed by atoms with Crippen molar-refractivity contribution in [1.82, 2.24) is 19.9 Å². The zero-order valence-electron chi connectivity index (χ0n) is 10.6. The smallest absolute Gasteiger partial charge is 0.268 e. The first-order valence-electron chi connectivity index (χ1n) is 5.89. The van der Waals surface area contributed by atoms with Crippen LogP contribution in [-0.4, -0.2) is 19.9 Å². The maximum atomic E-state index is 11.9. The van der Waals surface area contributed by atoms with Gasteiger partial charge in [-0.05, 0) is 31.4 Å². The van der Waals surface area contributed by atoms with E-state index in [2.05, 4.69) is 19.9 Å². The highest BCUT2D eigenvalue weighted by Gasteiger charge is 2.07. The van der Waals surface area contributed by atoms with Crippen LogP contribution in [-0.2, 0) is 6.42 Å². The first kappa shape index (κ1) is 12.0. The number of nitrogens with one attached hydrogen (secondary N) is 1. The molecule has 0 spiro atoms. The van der Waals surface area contributed by atoms with Crippen molar-refractivity contribution in [2.75, 3.05) is 0 Å². The standard InChI is InChI=1S/C13H12N4OS/c1-7-5-8(2)15-10(14-7)6-11-16-9-3-4-19-12(9)13(18)17-11/h3-5H,6H2,1-2H3,(H,16,17,18). The van der Waals surface area contributed by atoms with Gasteiger partial charge in [0.15, 0.2) is 0 Å². The van der Waals surface area contributed by atoms with E-state index in [0.717, 1.165) is 16.9 Å². The summed E-state index contributed by atoms with van der Waals surface area (Å²) in [4.78, 5) is 27.8. The van der Waals surface area contributed by atoms with Gasteiger partial charge in [-0.3, -0.25) is 4.79 Å². The van der Waals surface area contributed by atoms with E-state index in [1.54, 1.807) is 0 Å². The van der Waals surface area contributed by atoms with Gasteiger partial charge in [-0.25, -0.2) is 15.0 Å². The Labute approximate surface area is 113 Å². The number of hydrogen-bond donors (Lipinski definition) is 1. The van der Waals surface area contributed by atoms with Crippen LogP contribution < -0.4 is 5.56 Å². The number of thiophene rings is 1. The fraction of sp³-hybridized carbons (Fsp3) is 0.231. The molecular formula is C13H12N4OS. The topological polar surface area (TPSA) is 71.5 Å². The lowest BCUT2D eigenvalue weighted by atomic mass is 10.3. The minimum Gasteiger partial charge on any atom is -0.309 e. The summed E-state index contributed by atoms with van der Waals surface area (Å²) in [6.07, 6.45) is 0.434. The highest BCUT2D eigenvalue weighted by molar-refractivity contribution is 7.17. The Kier molecular flexibility index (Phi) is 2.87. The maximum absolute atomic E-state index is 11.9. The molecule has 0 saturated heterocycles. The second-order valence-corrected chi connectivity index (χ2v) is 5.31. The van der Waals surface area contributed by atoms with Crippen molar-refractivity contribution in [3.05, 3.63) is 50.9 Å². The summed E-state index contributed by atoms with van der Waals surface area (Å²) >= 11 is 1.40.